The Morgan fingerprint density at radius 2 is 1.65 bits per heavy atom. The van der Waals surface area contributed by atoms with Crippen molar-refractivity contribution >= 4 is 17.7 Å². The number of carbonyl (C=O) groups is 3. The number of rotatable bonds is 7. The number of carbonyl (C=O) groups excluding carboxylic acids is 3. The second-order valence-corrected chi connectivity index (χ2v) is 10.1. The van der Waals surface area contributed by atoms with E-state index in [1.807, 2.05) is 42.5 Å². The van der Waals surface area contributed by atoms with Gasteiger partial charge in [0.1, 0.15) is 17.5 Å². The van der Waals surface area contributed by atoms with Crippen LogP contribution >= 0.6 is 0 Å². The fraction of sp³-hybridized carbons (Fsp3) is 0.355. The van der Waals surface area contributed by atoms with Crippen LogP contribution in [0.4, 0.5) is 0 Å². The maximum absolute atomic E-state index is 13.9. The van der Waals surface area contributed by atoms with Crippen LogP contribution in [0.25, 0.3) is 0 Å². The molecule has 1 spiro atoms. The Balaban J connectivity index is 1.35. The molecule has 9 nitrogen and oxygen atoms in total. The number of methoxy groups -OCH3 is 1. The number of pyridine rings is 1. The van der Waals surface area contributed by atoms with Crippen molar-refractivity contribution in [3.8, 4) is 5.75 Å². The van der Waals surface area contributed by atoms with Crippen LogP contribution in [0.5, 0.6) is 5.75 Å². The first-order valence-corrected chi connectivity index (χ1v) is 13.6. The minimum absolute atomic E-state index is 0.0480. The molecule has 2 aromatic carbocycles. The van der Waals surface area contributed by atoms with Gasteiger partial charge in [0, 0.05) is 43.3 Å². The molecule has 3 aromatic rings. The number of nitrogens with zero attached hydrogens (tertiary/aromatic N) is 3. The molecule has 0 radical (unpaired) electrons. The van der Waals surface area contributed by atoms with Crippen molar-refractivity contribution in [1.29, 1.82) is 0 Å². The number of aromatic nitrogens is 1. The second-order valence-electron chi connectivity index (χ2n) is 10.1. The third-order valence-corrected chi connectivity index (χ3v) is 7.73. The maximum Gasteiger partial charge on any atom is 0.256 e. The highest BCUT2D eigenvalue weighted by Crippen LogP contribution is 2.39. The first-order valence-electron chi connectivity index (χ1n) is 13.6. The highest BCUT2D eigenvalue weighted by atomic mass is 16.5. The lowest BCUT2D eigenvalue weighted by Gasteiger charge is -2.44. The predicted octanol–water partition coefficient (Wildman–Crippen LogP) is 3.44. The largest absolute Gasteiger partial charge is 0.497 e. The lowest BCUT2D eigenvalue weighted by Crippen LogP contribution is -2.59. The number of likely N-dealkylation sites (tertiary alicyclic amines) is 1. The maximum atomic E-state index is 13.9. The smallest absolute Gasteiger partial charge is 0.256 e. The summed E-state index contributed by atoms with van der Waals surface area (Å²) in [6.45, 7) is 3.20. The van der Waals surface area contributed by atoms with Crippen molar-refractivity contribution in [2.45, 2.75) is 44.5 Å². The Hall–Kier alpha value is -4.24. The fourth-order valence-corrected chi connectivity index (χ4v) is 5.36. The van der Waals surface area contributed by atoms with E-state index in [9.17, 15) is 14.4 Å². The molecule has 0 bridgehead atoms. The summed E-state index contributed by atoms with van der Waals surface area (Å²) in [6.07, 6.45) is 3.38. The molecule has 2 aliphatic heterocycles. The zero-order valence-electron chi connectivity index (χ0n) is 22.8. The molecule has 9 heteroatoms. The van der Waals surface area contributed by atoms with Gasteiger partial charge in [-0.2, -0.15) is 0 Å². The Morgan fingerprint density at radius 1 is 0.975 bits per heavy atom. The fourth-order valence-electron chi connectivity index (χ4n) is 5.36. The van der Waals surface area contributed by atoms with Crippen molar-refractivity contribution in [1.82, 2.24) is 20.1 Å². The van der Waals surface area contributed by atoms with E-state index < -0.39 is 11.8 Å². The monoisotopic (exact) mass is 542 g/mol. The summed E-state index contributed by atoms with van der Waals surface area (Å²) in [5.74, 6) is -0.0208. The van der Waals surface area contributed by atoms with Gasteiger partial charge in [0.25, 0.3) is 11.8 Å². The van der Waals surface area contributed by atoms with Crippen molar-refractivity contribution in [3.05, 3.63) is 95.3 Å². The van der Waals surface area contributed by atoms with E-state index in [4.69, 9.17) is 9.47 Å². The van der Waals surface area contributed by atoms with Crippen molar-refractivity contribution in [3.63, 3.8) is 0 Å². The van der Waals surface area contributed by atoms with E-state index in [-0.39, 0.29) is 30.9 Å². The van der Waals surface area contributed by atoms with Crippen LogP contribution in [-0.2, 0) is 22.5 Å². The Morgan fingerprint density at radius 3 is 2.27 bits per heavy atom. The molecule has 3 amide bonds. The molecular formula is C31H34N4O5. The van der Waals surface area contributed by atoms with Gasteiger partial charge in [-0.25, -0.2) is 0 Å². The molecule has 1 N–H and O–H groups in total. The van der Waals surface area contributed by atoms with E-state index >= 15 is 0 Å². The van der Waals surface area contributed by atoms with Gasteiger partial charge < -0.3 is 19.7 Å². The average Bonchev–Trinajstić information content (AvgIpc) is 3.38. The molecule has 1 aromatic heterocycles. The summed E-state index contributed by atoms with van der Waals surface area (Å²) in [5, 5.41) is 2.92. The Kier molecular flexibility index (Phi) is 8.11. The molecule has 2 fully saturated rings. The number of benzene rings is 2. The van der Waals surface area contributed by atoms with Gasteiger partial charge in [0.05, 0.1) is 26.0 Å². The van der Waals surface area contributed by atoms with E-state index in [0.29, 0.717) is 42.8 Å². The van der Waals surface area contributed by atoms with E-state index in [1.54, 1.807) is 47.4 Å². The summed E-state index contributed by atoms with van der Waals surface area (Å²) >= 11 is 0. The number of ether oxygens (including phenoxy) is 2. The Bertz CT molecular complexity index is 1340. The zero-order valence-corrected chi connectivity index (χ0v) is 22.8. The summed E-state index contributed by atoms with van der Waals surface area (Å²) in [7, 11) is 1.56. The minimum Gasteiger partial charge on any atom is -0.497 e. The highest BCUT2D eigenvalue weighted by Gasteiger charge is 2.54. The van der Waals surface area contributed by atoms with Crippen LogP contribution in [0.1, 0.15) is 51.7 Å². The quantitative estimate of drug-likeness (QED) is 0.491. The number of amides is 3. The topological polar surface area (TPSA) is 101 Å². The standard InChI is InChI=1S/C31H34N4O5/c1-3-22-7-9-23(10-8-22)29(37)34-18-15-31(16-19-34)35(30(38)24-11-13-26(39-2)14-12-24)27(21-40-31)28(36)33-20-25-6-4-5-17-32-25/h4-14,17,27H,3,15-16,18-21H2,1-2H3,(H,33,36). The number of hydrogen-bond donors (Lipinski definition) is 1. The molecule has 40 heavy (non-hydrogen) atoms. The van der Waals surface area contributed by atoms with Crippen molar-refractivity contribution < 1.29 is 23.9 Å². The number of hydrogen-bond acceptors (Lipinski definition) is 6. The van der Waals surface area contributed by atoms with Gasteiger partial charge >= 0.3 is 0 Å². The molecule has 3 heterocycles. The SMILES string of the molecule is CCc1ccc(C(=O)N2CCC3(CC2)OCC(C(=O)NCc2ccccn2)N3C(=O)c2ccc(OC)cc2)cc1. The van der Waals surface area contributed by atoms with Gasteiger partial charge in [-0.3, -0.25) is 24.3 Å². The number of aryl methyl sites for hydroxylation is 1. The zero-order chi connectivity index (χ0) is 28.1. The van der Waals surface area contributed by atoms with Crippen molar-refractivity contribution in [2.75, 3.05) is 26.8 Å². The van der Waals surface area contributed by atoms with E-state index in [2.05, 4.69) is 17.2 Å². The van der Waals surface area contributed by atoms with Crippen LogP contribution in [0, 0.1) is 0 Å². The van der Waals surface area contributed by atoms with Crippen LogP contribution in [0.3, 0.4) is 0 Å². The summed E-state index contributed by atoms with van der Waals surface area (Å²) < 4.78 is 11.5. The number of piperidine rings is 1. The van der Waals surface area contributed by atoms with Gasteiger partial charge in [0.15, 0.2) is 0 Å². The third kappa shape index (κ3) is 5.56. The van der Waals surface area contributed by atoms with Crippen LogP contribution in [0.15, 0.2) is 72.9 Å². The van der Waals surface area contributed by atoms with Gasteiger partial charge in [-0.05, 0) is 60.5 Å². The second kappa shape index (κ2) is 11.9. The van der Waals surface area contributed by atoms with Gasteiger partial charge in [0.2, 0.25) is 5.91 Å². The number of nitrogens with one attached hydrogen (secondary N) is 1. The first-order chi connectivity index (χ1) is 19.4. The van der Waals surface area contributed by atoms with Gasteiger partial charge in [-0.15, -0.1) is 0 Å². The first kappa shape index (κ1) is 27.3. The van der Waals surface area contributed by atoms with Gasteiger partial charge in [-0.1, -0.05) is 25.1 Å². The lowest BCUT2D eigenvalue weighted by molar-refractivity contribution is -0.128. The lowest BCUT2D eigenvalue weighted by atomic mass is 9.96. The molecule has 5 rings (SSSR count). The summed E-state index contributed by atoms with van der Waals surface area (Å²) in [4.78, 5) is 48.2. The Labute approximate surface area is 234 Å². The molecule has 2 aliphatic rings. The summed E-state index contributed by atoms with van der Waals surface area (Å²) in [5.41, 5.74) is 1.97. The normalized spacial score (nSPS) is 18.0. The van der Waals surface area contributed by atoms with Crippen LogP contribution in [0.2, 0.25) is 0 Å². The highest BCUT2D eigenvalue weighted by molar-refractivity contribution is 5.99. The minimum atomic E-state index is -0.993. The summed E-state index contributed by atoms with van der Waals surface area (Å²) in [6, 6.07) is 19.2. The predicted molar refractivity (Wildman–Crippen MR) is 149 cm³/mol. The van der Waals surface area contributed by atoms with E-state index in [0.717, 1.165) is 12.1 Å². The van der Waals surface area contributed by atoms with E-state index in [1.165, 1.54) is 5.56 Å². The molecule has 1 unspecified atom stereocenters. The third-order valence-electron chi connectivity index (χ3n) is 7.73. The molecule has 208 valence electrons. The van der Waals surface area contributed by atoms with Crippen LogP contribution in [-0.4, -0.2) is 71.1 Å². The average molecular weight is 543 g/mol. The molecule has 0 aliphatic carbocycles. The molecular weight excluding hydrogens is 508 g/mol. The molecule has 0 saturated carbocycles. The molecule has 1 atom stereocenters. The van der Waals surface area contributed by atoms with Crippen molar-refractivity contribution in [2.24, 2.45) is 0 Å². The van der Waals surface area contributed by atoms with Crippen LogP contribution < -0.4 is 10.1 Å². The molecule has 2 saturated heterocycles.